The van der Waals surface area contributed by atoms with Crippen molar-refractivity contribution in [1.29, 1.82) is 5.26 Å². The number of benzene rings is 1. The number of carbonyl (C=O) groups excluding carboxylic acids is 3. The maximum atomic E-state index is 11.9. The van der Waals surface area contributed by atoms with Crippen LogP contribution in [0.4, 0.5) is 5.69 Å². The van der Waals surface area contributed by atoms with Gasteiger partial charge in [-0.15, -0.1) is 0 Å². The SMILES string of the molecule is CC(=O)Nc1ccc(CC(=O)OCC(=O)N[C@@](C)(C#N)C2CC2)cc1. The van der Waals surface area contributed by atoms with Crippen LogP contribution >= 0.6 is 0 Å². The molecule has 0 aliphatic heterocycles. The Morgan fingerprint density at radius 2 is 1.92 bits per heavy atom. The zero-order valence-corrected chi connectivity index (χ0v) is 14.3. The standard InChI is InChI=1S/C18H21N3O4/c1-12(22)20-15-7-3-13(4-8-15)9-17(24)25-10-16(23)21-18(2,11-19)14-5-6-14/h3-4,7-8,14H,5-6,9-10H2,1-2H3,(H,20,22)(H,21,23)/t18-/m0/s1. The van der Waals surface area contributed by atoms with Crippen molar-refractivity contribution in [3.63, 3.8) is 0 Å². The third-order valence-electron chi connectivity index (χ3n) is 4.01. The summed E-state index contributed by atoms with van der Waals surface area (Å²) in [5.74, 6) is -1.02. The van der Waals surface area contributed by atoms with Crippen molar-refractivity contribution in [3.8, 4) is 6.07 Å². The van der Waals surface area contributed by atoms with Crippen LogP contribution in [0.25, 0.3) is 0 Å². The molecule has 0 heterocycles. The van der Waals surface area contributed by atoms with Crippen LogP contribution in [-0.2, 0) is 25.5 Å². The zero-order valence-electron chi connectivity index (χ0n) is 14.3. The van der Waals surface area contributed by atoms with Gasteiger partial charge >= 0.3 is 5.97 Å². The Bertz CT molecular complexity index is 704. The van der Waals surface area contributed by atoms with Gasteiger partial charge in [0, 0.05) is 12.6 Å². The van der Waals surface area contributed by atoms with Crippen molar-refractivity contribution in [2.75, 3.05) is 11.9 Å². The third kappa shape index (κ3) is 5.60. The van der Waals surface area contributed by atoms with E-state index in [1.807, 2.05) is 0 Å². The number of esters is 1. The number of amides is 2. The summed E-state index contributed by atoms with van der Waals surface area (Å²) in [6.07, 6.45) is 1.85. The molecule has 2 amide bonds. The first-order valence-electron chi connectivity index (χ1n) is 8.07. The van der Waals surface area contributed by atoms with Gasteiger partial charge in [-0.3, -0.25) is 14.4 Å². The molecule has 2 N–H and O–H groups in total. The predicted octanol–water partition coefficient (Wildman–Crippen LogP) is 1.54. The molecule has 1 aliphatic carbocycles. The first-order chi connectivity index (χ1) is 11.8. The normalized spacial score (nSPS) is 15.4. The minimum atomic E-state index is -0.900. The molecule has 25 heavy (non-hydrogen) atoms. The van der Waals surface area contributed by atoms with Crippen LogP contribution in [0, 0.1) is 17.2 Å². The highest BCUT2D eigenvalue weighted by Gasteiger charge is 2.43. The molecular weight excluding hydrogens is 322 g/mol. The molecule has 1 aliphatic rings. The van der Waals surface area contributed by atoms with Gasteiger partial charge in [0.1, 0.15) is 5.54 Å². The highest BCUT2D eigenvalue weighted by atomic mass is 16.5. The molecule has 1 aromatic rings. The first kappa shape index (κ1) is 18.5. The second kappa shape index (κ2) is 7.79. The molecule has 1 fully saturated rings. The lowest BCUT2D eigenvalue weighted by Crippen LogP contribution is -2.48. The average molecular weight is 343 g/mol. The summed E-state index contributed by atoms with van der Waals surface area (Å²) < 4.78 is 4.96. The Labute approximate surface area is 146 Å². The van der Waals surface area contributed by atoms with Gasteiger partial charge in [-0.2, -0.15) is 5.26 Å². The third-order valence-corrected chi connectivity index (χ3v) is 4.01. The second-order valence-electron chi connectivity index (χ2n) is 6.35. The van der Waals surface area contributed by atoms with E-state index in [0.29, 0.717) is 11.3 Å². The molecule has 0 saturated heterocycles. The van der Waals surface area contributed by atoms with Crippen molar-refractivity contribution in [1.82, 2.24) is 5.32 Å². The number of ether oxygens (including phenoxy) is 1. The van der Waals surface area contributed by atoms with Crippen LogP contribution in [0.3, 0.4) is 0 Å². The summed E-state index contributed by atoms with van der Waals surface area (Å²) in [5.41, 5.74) is 0.447. The van der Waals surface area contributed by atoms with Crippen LogP contribution in [0.15, 0.2) is 24.3 Å². The van der Waals surface area contributed by atoms with E-state index in [-0.39, 0.29) is 18.2 Å². The average Bonchev–Trinajstić information content (AvgIpc) is 3.39. The van der Waals surface area contributed by atoms with Crippen molar-refractivity contribution in [3.05, 3.63) is 29.8 Å². The quantitative estimate of drug-likeness (QED) is 0.730. The summed E-state index contributed by atoms with van der Waals surface area (Å²) in [6.45, 7) is 2.69. The lowest BCUT2D eigenvalue weighted by molar-refractivity contribution is -0.148. The highest BCUT2D eigenvalue weighted by Crippen LogP contribution is 2.39. The zero-order chi connectivity index (χ0) is 18.4. The molecular formula is C18H21N3O4. The molecule has 132 valence electrons. The summed E-state index contributed by atoms with van der Waals surface area (Å²) in [6, 6.07) is 8.89. The van der Waals surface area contributed by atoms with E-state index in [2.05, 4.69) is 16.7 Å². The summed E-state index contributed by atoms with van der Waals surface area (Å²) in [7, 11) is 0. The Morgan fingerprint density at radius 3 is 2.44 bits per heavy atom. The minimum absolute atomic E-state index is 0.0196. The number of hydrogen-bond acceptors (Lipinski definition) is 5. The number of nitrogens with zero attached hydrogens (tertiary/aromatic N) is 1. The van der Waals surface area contributed by atoms with Gasteiger partial charge < -0.3 is 15.4 Å². The van der Waals surface area contributed by atoms with E-state index >= 15 is 0 Å². The maximum Gasteiger partial charge on any atom is 0.310 e. The van der Waals surface area contributed by atoms with E-state index in [1.54, 1.807) is 31.2 Å². The molecule has 1 aromatic carbocycles. The molecule has 7 heteroatoms. The molecule has 2 rings (SSSR count). The molecule has 7 nitrogen and oxygen atoms in total. The van der Waals surface area contributed by atoms with Crippen molar-refractivity contribution < 1.29 is 19.1 Å². The number of hydrogen-bond donors (Lipinski definition) is 2. The van der Waals surface area contributed by atoms with E-state index in [0.717, 1.165) is 12.8 Å². The van der Waals surface area contributed by atoms with Crippen LogP contribution in [0.1, 0.15) is 32.3 Å². The van der Waals surface area contributed by atoms with Crippen LogP contribution in [0.2, 0.25) is 0 Å². The monoisotopic (exact) mass is 343 g/mol. The summed E-state index contributed by atoms with van der Waals surface area (Å²) in [5, 5.41) is 14.5. The van der Waals surface area contributed by atoms with Crippen molar-refractivity contribution in [2.45, 2.75) is 38.6 Å². The van der Waals surface area contributed by atoms with Crippen LogP contribution < -0.4 is 10.6 Å². The molecule has 1 atom stereocenters. The van der Waals surface area contributed by atoms with Crippen molar-refractivity contribution in [2.24, 2.45) is 5.92 Å². The largest absolute Gasteiger partial charge is 0.455 e. The number of carbonyl (C=O) groups is 3. The smallest absolute Gasteiger partial charge is 0.310 e. The molecule has 1 saturated carbocycles. The van der Waals surface area contributed by atoms with Gasteiger partial charge in [-0.05, 0) is 43.4 Å². The van der Waals surface area contributed by atoms with E-state index in [1.165, 1.54) is 6.92 Å². The topological polar surface area (TPSA) is 108 Å². The van der Waals surface area contributed by atoms with E-state index < -0.39 is 24.0 Å². The van der Waals surface area contributed by atoms with E-state index in [4.69, 9.17) is 4.74 Å². The molecule has 0 bridgehead atoms. The van der Waals surface area contributed by atoms with Crippen LogP contribution in [-0.4, -0.2) is 29.9 Å². The second-order valence-corrected chi connectivity index (χ2v) is 6.35. The number of nitrogens with one attached hydrogen (secondary N) is 2. The van der Waals surface area contributed by atoms with Crippen molar-refractivity contribution >= 4 is 23.5 Å². The van der Waals surface area contributed by atoms with E-state index in [9.17, 15) is 19.6 Å². The summed E-state index contributed by atoms with van der Waals surface area (Å²) in [4.78, 5) is 34.6. The fourth-order valence-electron chi connectivity index (χ4n) is 2.48. The molecule has 0 radical (unpaired) electrons. The Balaban J connectivity index is 1.77. The first-order valence-corrected chi connectivity index (χ1v) is 8.07. The Kier molecular flexibility index (Phi) is 5.75. The number of anilines is 1. The van der Waals surface area contributed by atoms with Crippen LogP contribution in [0.5, 0.6) is 0 Å². The van der Waals surface area contributed by atoms with Gasteiger partial charge in [0.25, 0.3) is 5.91 Å². The molecule has 0 aromatic heterocycles. The fraction of sp³-hybridized carbons (Fsp3) is 0.444. The fourth-order valence-corrected chi connectivity index (χ4v) is 2.48. The Hall–Kier alpha value is -2.88. The predicted molar refractivity (Wildman–Crippen MR) is 90.3 cm³/mol. The summed E-state index contributed by atoms with van der Waals surface area (Å²) >= 11 is 0. The highest BCUT2D eigenvalue weighted by molar-refractivity contribution is 5.88. The van der Waals surface area contributed by atoms with Gasteiger partial charge in [-0.25, -0.2) is 0 Å². The Morgan fingerprint density at radius 1 is 1.28 bits per heavy atom. The maximum absolute atomic E-state index is 11.9. The number of rotatable bonds is 7. The number of nitriles is 1. The van der Waals surface area contributed by atoms with Gasteiger partial charge in [-0.1, -0.05) is 12.1 Å². The molecule has 0 unspecified atom stereocenters. The lowest BCUT2D eigenvalue weighted by atomic mass is 9.98. The van der Waals surface area contributed by atoms with Gasteiger partial charge in [0.15, 0.2) is 6.61 Å². The molecule has 0 spiro atoms. The van der Waals surface area contributed by atoms with Gasteiger partial charge in [0.05, 0.1) is 12.5 Å². The lowest BCUT2D eigenvalue weighted by Gasteiger charge is -2.22. The van der Waals surface area contributed by atoms with Gasteiger partial charge in [0.2, 0.25) is 5.91 Å². The minimum Gasteiger partial charge on any atom is -0.455 e.